The summed E-state index contributed by atoms with van der Waals surface area (Å²) < 4.78 is 5.84. The molecular formula is C11H17N3O. The Morgan fingerprint density at radius 2 is 2.20 bits per heavy atom. The molecule has 0 amide bonds. The van der Waals surface area contributed by atoms with Crippen LogP contribution >= 0.6 is 0 Å². The average molecular weight is 207 g/mol. The molecule has 0 spiro atoms. The largest absolute Gasteiger partial charge is 0.488 e. The van der Waals surface area contributed by atoms with Crippen LogP contribution in [0.15, 0.2) is 12.3 Å². The molecule has 0 bridgehead atoms. The number of ether oxygens (including phenoxy) is 1. The molecule has 82 valence electrons. The molecule has 4 nitrogen and oxygen atoms in total. The third kappa shape index (κ3) is 2.14. The van der Waals surface area contributed by atoms with E-state index in [1.54, 1.807) is 6.20 Å². The van der Waals surface area contributed by atoms with Crippen LogP contribution in [0.4, 0.5) is 11.5 Å². The number of aromatic nitrogens is 1. The number of anilines is 2. The van der Waals surface area contributed by atoms with Gasteiger partial charge >= 0.3 is 0 Å². The summed E-state index contributed by atoms with van der Waals surface area (Å²) in [4.78, 5) is 6.30. The smallest absolute Gasteiger partial charge is 0.153 e. The number of hydrogen-bond acceptors (Lipinski definition) is 4. The first kappa shape index (κ1) is 10.1. The zero-order chi connectivity index (χ0) is 10.8. The van der Waals surface area contributed by atoms with E-state index in [9.17, 15) is 0 Å². The van der Waals surface area contributed by atoms with E-state index in [1.807, 2.05) is 32.1 Å². The lowest BCUT2D eigenvalue weighted by Gasteiger charge is -2.20. The highest BCUT2D eigenvalue weighted by Crippen LogP contribution is 2.36. The summed E-state index contributed by atoms with van der Waals surface area (Å²) in [5, 5.41) is 3.08. The van der Waals surface area contributed by atoms with Gasteiger partial charge in [0, 0.05) is 33.4 Å². The number of pyridine rings is 1. The van der Waals surface area contributed by atoms with Gasteiger partial charge in [0.2, 0.25) is 0 Å². The van der Waals surface area contributed by atoms with Crippen molar-refractivity contribution in [1.29, 1.82) is 0 Å². The first-order valence-corrected chi connectivity index (χ1v) is 5.23. The number of hydrogen-bond donors (Lipinski definition) is 1. The van der Waals surface area contributed by atoms with Gasteiger partial charge in [-0.2, -0.15) is 0 Å². The van der Waals surface area contributed by atoms with Crippen molar-refractivity contribution in [3.8, 4) is 5.75 Å². The van der Waals surface area contributed by atoms with Gasteiger partial charge in [0.15, 0.2) is 5.82 Å². The summed E-state index contributed by atoms with van der Waals surface area (Å²) in [6.45, 7) is 0. The summed E-state index contributed by atoms with van der Waals surface area (Å²) in [7, 11) is 5.87. The molecule has 0 aliphatic heterocycles. The van der Waals surface area contributed by atoms with E-state index in [1.165, 1.54) is 12.8 Å². The van der Waals surface area contributed by atoms with E-state index in [-0.39, 0.29) is 0 Å². The topological polar surface area (TPSA) is 37.4 Å². The number of nitrogens with zero attached hydrogens (tertiary/aromatic N) is 2. The molecule has 0 aromatic carbocycles. The maximum absolute atomic E-state index is 5.84. The standard InChI is InChI=1S/C11H17N3O/c1-12-11-10(14(2)3)9(6-7-13-11)15-8-4-5-8/h6-8H,4-5H2,1-3H3,(H,12,13). The molecule has 0 unspecified atom stereocenters. The van der Waals surface area contributed by atoms with E-state index in [2.05, 4.69) is 10.3 Å². The van der Waals surface area contributed by atoms with Crippen LogP contribution in [0.25, 0.3) is 0 Å². The Balaban J connectivity index is 2.32. The highest BCUT2D eigenvalue weighted by atomic mass is 16.5. The Bertz CT molecular complexity index is 348. The molecule has 1 aromatic heterocycles. The van der Waals surface area contributed by atoms with Crippen LogP contribution in [0.3, 0.4) is 0 Å². The van der Waals surface area contributed by atoms with Crippen LogP contribution in [0.2, 0.25) is 0 Å². The van der Waals surface area contributed by atoms with Gasteiger partial charge in [-0.15, -0.1) is 0 Å². The molecule has 2 rings (SSSR count). The van der Waals surface area contributed by atoms with Crippen molar-refractivity contribution < 1.29 is 4.74 Å². The maximum atomic E-state index is 5.84. The molecule has 0 radical (unpaired) electrons. The molecule has 1 aliphatic rings. The minimum Gasteiger partial charge on any atom is -0.488 e. The molecule has 1 fully saturated rings. The van der Waals surface area contributed by atoms with Gasteiger partial charge < -0.3 is 15.0 Å². The van der Waals surface area contributed by atoms with Crippen molar-refractivity contribution >= 4 is 11.5 Å². The molecule has 1 N–H and O–H groups in total. The second-order valence-corrected chi connectivity index (χ2v) is 3.97. The Hall–Kier alpha value is -1.45. The second kappa shape index (κ2) is 3.96. The van der Waals surface area contributed by atoms with Crippen molar-refractivity contribution in [2.24, 2.45) is 0 Å². The molecular weight excluding hydrogens is 190 g/mol. The van der Waals surface area contributed by atoms with E-state index < -0.39 is 0 Å². The fourth-order valence-corrected chi connectivity index (χ4v) is 1.51. The summed E-state index contributed by atoms with van der Waals surface area (Å²) in [5.41, 5.74) is 1.02. The maximum Gasteiger partial charge on any atom is 0.153 e. The lowest BCUT2D eigenvalue weighted by Crippen LogP contribution is -2.14. The number of rotatable bonds is 4. The molecule has 1 saturated carbocycles. The minimum absolute atomic E-state index is 0.413. The minimum atomic E-state index is 0.413. The molecule has 1 heterocycles. The van der Waals surface area contributed by atoms with E-state index >= 15 is 0 Å². The first-order valence-electron chi connectivity index (χ1n) is 5.23. The zero-order valence-electron chi connectivity index (χ0n) is 9.45. The van der Waals surface area contributed by atoms with Gasteiger partial charge in [-0.3, -0.25) is 0 Å². The van der Waals surface area contributed by atoms with Gasteiger partial charge in [-0.25, -0.2) is 4.98 Å². The molecule has 0 saturated heterocycles. The van der Waals surface area contributed by atoms with Gasteiger partial charge in [0.1, 0.15) is 11.4 Å². The molecule has 0 atom stereocenters. The van der Waals surface area contributed by atoms with E-state index in [0.717, 1.165) is 17.3 Å². The molecule has 1 aliphatic carbocycles. The third-order valence-electron chi connectivity index (χ3n) is 2.39. The van der Waals surface area contributed by atoms with Crippen LogP contribution in [0.1, 0.15) is 12.8 Å². The third-order valence-corrected chi connectivity index (χ3v) is 2.39. The summed E-state index contributed by atoms with van der Waals surface area (Å²) in [6, 6.07) is 1.93. The number of nitrogens with one attached hydrogen (secondary N) is 1. The Morgan fingerprint density at radius 3 is 2.73 bits per heavy atom. The average Bonchev–Trinajstić information content (AvgIpc) is 3.01. The van der Waals surface area contributed by atoms with Crippen molar-refractivity contribution in [3.63, 3.8) is 0 Å². The van der Waals surface area contributed by atoms with Crippen LogP contribution in [-0.4, -0.2) is 32.2 Å². The SMILES string of the molecule is CNc1nccc(OC2CC2)c1N(C)C. The van der Waals surface area contributed by atoms with Crippen molar-refractivity contribution in [1.82, 2.24) is 4.98 Å². The normalized spacial score (nSPS) is 14.9. The van der Waals surface area contributed by atoms with E-state index in [0.29, 0.717) is 6.10 Å². The van der Waals surface area contributed by atoms with Crippen LogP contribution in [0, 0.1) is 0 Å². The van der Waals surface area contributed by atoms with Gasteiger partial charge in [-0.05, 0) is 12.8 Å². The predicted molar refractivity (Wildman–Crippen MR) is 61.8 cm³/mol. The van der Waals surface area contributed by atoms with Crippen molar-refractivity contribution in [2.45, 2.75) is 18.9 Å². The van der Waals surface area contributed by atoms with Crippen LogP contribution in [-0.2, 0) is 0 Å². The Labute approximate surface area is 90.3 Å². The second-order valence-electron chi connectivity index (χ2n) is 3.97. The molecule has 1 aromatic rings. The van der Waals surface area contributed by atoms with Crippen molar-refractivity contribution in [3.05, 3.63) is 12.3 Å². The first-order chi connectivity index (χ1) is 7.22. The highest BCUT2D eigenvalue weighted by Gasteiger charge is 2.25. The van der Waals surface area contributed by atoms with Gasteiger partial charge in [0.25, 0.3) is 0 Å². The fraction of sp³-hybridized carbons (Fsp3) is 0.545. The summed E-state index contributed by atoms with van der Waals surface area (Å²) in [5.74, 6) is 1.78. The quantitative estimate of drug-likeness (QED) is 0.816. The lowest BCUT2D eigenvalue weighted by atomic mass is 10.3. The fourth-order valence-electron chi connectivity index (χ4n) is 1.51. The summed E-state index contributed by atoms with van der Waals surface area (Å²) >= 11 is 0. The van der Waals surface area contributed by atoms with Gasteiger partial charge in [-0.1, -0.05) is 0 Å². The molecule has 15 heavy (non-hydrogen) atoms. The van der Waals surface area contributed by atoms with Gasteiger partial charge in [0.05, 0.1) is 6.10 Å². The summed E-state index contributed by atoms with van der Waals surface area (Å²) in [6.07, 6.45) is 4.53. The predicted octanol–water partition coefficient (Wildman–Crippen LogP) is 1.73. The Morgan fingerprint density at radius 1 is 1.47 bits per heavy atom. The van der Waals surface area contributed by atoms with E-state index in [4.69, 9.17) is 4.74 Å². The van der Waals surface area contributed by atoms with Crippen molar-refractivity contribution in [2.75, 3.05) is 31.4 Å². The Kier molecular flexibility index (Phi) is 2.66. The molecule has 4 heteroatoms. The lowest BCUT2D eigenvalue weighted by molar-refractivity contribution is 0.304. The highest BCUT2D eigenvalue weighted by molar-refractivity contribution is 5.72. The monoisotopic (exact) mass is 207 g/mol. The van der Waals surface area contributed by atoms with Crippen LogP contribution < -0.4 is 15.0 Å². The van der Waals surface area contributed by atoms with Crippen LogP contribution in [0.5, 0.6) is 5.75 Å². The zero-order valence-corrected chi connectivity index (χ0v) is 9.45.